The van der Waals surface area contributed by atoms with Gasteiger partial charge in [-0.1, -0.05) is 6.07 Å². The number of piperidine rings is 1. The number of aryl methyl sites for hydroxylation is 1. The highest BCUT2D eigenvalue weighted by molar-refractivity contribution is 6.05. The van der Waals surface area contributed by atoms with Crippen LogP contribution >= 0.6 is 0 Å². The van der Waals surface area contributed by atoms with Gasteiger partial charge < -0.3 is 14.7 Å². The molecule has 25 heavy (non-hydrogen) atoms. The Morgan fingerprint density at radius 1 is 1.24 bits per heavy atom. The van der Waals surface area contributed by atoms with Gasteiger partial charge in [-0.15, -0.1) is 0 Å². The van der Waals surface area contributed by atoms with Crippen molar-refractivity contribution >= 4 is 23.5 Å². The molecule has 0 aliphatic carbocycles. The lowest BCUT2D eigenvalue weighted by atomic mass is 10.1. The second-order valence-electron chi connectivity index (χ2n) is 6.54. The maximum atomic E-state index is 12.7. The van der Waals surface area contributed by atoms with Crippen molar-refractivity contribution in [2.24, 2.45) is 0 Å². The summed E-state index contributed by atoms with van der Waals surface area (Å²) in [5.41, 5.74) is 1.45. The minimum Gasteiger partial charge on any atom is -0.481 e. The van der Waals surface area contributed by atoms with E-state index in [-0.39, 0.29) is 12.5 Å². The van der Waals surface area contributed by atoms with Crippen LogP contribution in [0.5, 0.6) is 5.75 Å². The van der Waals surface area contributed by atoms with Gasteiger partial charge in [0.25, 0.3) is 5.91 Å². The van der Waals surface area contributed by atoms with Gasteiger partial charge >= 0.3 is 5.97 Å². The second-order valence-corrected chi connectivity index (χ2v) is 6.54. The molecule has 0 saturated carbocycles. The molecule has 134 valence electrons. The van der Waals surface area contributed by atoms with Crippen LogP contribution in [0, 0.1) is 6.92 Å². The number of rotatable bonds is 4. The first-order valence-corrected chi connectivity index (χ1v) is 8.54. The Bertz CT molecular complexity index is 697. The number of carbonyl (C=O) groups is 3. The third-order valence-corrected chi connectivity index (χ3v) is 4.58. The van der Waals surface area contributed by atoms with E-state index in [0.717, 1.165) is 24.8 Å². The van der Waals surface area contributed by atoms with E-state index >= 15 is 0 Å². The predicted octanol–water partition coefficient (Wildman–Crippen LogP) is 1.58. The van der Waals surface area contributed by atoms with E-state index in [4.69, 9.17) is 9.84 Å². The standard InChI is InChI=1S/C18H22N2O5/c1-12-5-6-13-14(9-12)25-15(10-17(22)23)18(24)20(13)11-16(21)19-7-3-2-4-8-19/h5-6,9,15H,2-4,7-8,10-11H2,1H3,(H,22,23). The Kier molecular flexibility index (Phi) is 4.92. The van der Waals surface area contributed by atoms with E-state index in [1.807, 2.05) is 13.0 Å². The molecular weight excluding hydrogens is 324 g/mol. The SMILES string of the molecule is Cc1ccc2c(c1)OC(CC(=O)O)C(=O)N2CC(=O)N1CCCCC1. The van der Waals surface area contributed by atoms with Gasteiger partial charge in [-0.05, 0) is 43.9 Å². The first-order valence-electron chi connectivity index (χ1n) is 8.54. The number of amides is 2. The first-order chi connectivity index (χ1) is 12.0. The number of anilines is 1. The number of likely N-dealkylation sites (tertiary alicyclic amines) is 1. The number of benzene rings is 1. The molecule has 7 heteroatoms. The van der Waals surface area contributed by atoms with Crippen molar-refractivity contribution in [1.29, 1.82) is 0 Å². The van der Waals surface area contributed by atoms with Crippen LogP contribution in [0.3, 0.4) is 0 Å². The normalized spacial score (nSPS) is 20.0. The highest BCUT2D eigenvalue weighted by atomic mass is 16.5. The van der Waals surface area contributed by atoms with Crippen molar-refractivity contribution in [1.82, 2.24) is 4.90 Å². The molecule has 0 bridgehead atoms. The second kappa shape index (κ2) is 7.13. The van der Waals surface area contributed by atoms with Gasteiger partial charge in [0.15, 0.2) is 6.10 Å². The maximum absolute atomic E-state index is 12.7. The smallest absolute Gasteiger partial charge is 0.307 e. The number of ether oxygens (including phenoxy) is 1. The molecule has 1 saturated heterocycles. The number of fused-ring (bicyclic) bond motifs is 1. The van der Waals surface area contributed by atoms with Crippen molar-refractivity contribution in [3.05, 3.63) is 23.8 Å². The van der Waals surface area contributed by atoms with Crippen molar-refractivity contribution < 1.29 is 24.2 Å². The van der Waals surface area contributed by atoms with Gasteiger partial charge in [0, 0.05) is 13.1 Å². The lowest BCUT2D eigenvalue weighted by molar-refractivity contribution is -0.142. The highest BCUT2D eigenvalue weighted by Crippen LogP contribution is 2.35. The fraction of sp³-hybridized carbons (Fsp3) is 0.500. The Labute approximate surface area is 146 Å². The molecule has 2 aliphatic heterocycles. The number of hydrogen-bond donors (Lipinski definition) is 1. The van der Waals surface area contributed by atoms with Crippen LogP contribution in [0.4, 0.5) is 5.69 Å². The molecular formula is C18H22N2O5. The van der Waals surface area contributed by atoms with E-state index in [1.165, 1.54) is 4.90 Å². The summed E-state index contributed by atoms with van der Waals surface area (Å²) in [5.74, 6) is -1.27. The summed E-state index contributed by atoms with van der Waals surface area (Å²) in [6, 6.07) is 5.34. The molecule has 1 atom stereocenters. The molecule has 7 nitrogen and oxygen atoms in total. The zero-order chi connectivity index (χ0) is 18.0. The third kappa shape index (κ3) is 3.75. The molecule has 2 aliphatic rings. The zero-order valence-corrected chi connectivity index (χ0v) is 14.2. The van der Waals surface area contributed by atoms with Gasteiger partial charge in [-0.25, -0.2) is 0 Å². The van der Waals surface area contributed by atoms with Crippen LogP contribution in [0.25, 0.3) is 0 Å². The van der Waals surface area contributed by atoms with Gasteiger partial charge in [-0.2, -0.15) is 0 Å². The molecule has 3 rings (SSSR count). The Morgan fingerprint density at radius 2 is 1.96 bits per heavy atom. The van der Waals surface area contributed by atoms with Crippen molar-refractivity contribution in [2.45, 2.75) is 38.7 Å². The summed E-state index contributed by atoms with van der Waals surface area (Å²) < 4.78 is 5.60. The van der Waals surface area contributed by atoms with Crippen LogP contribution in [-0.2, 0) is 14.4 Å². The number of aliphatic carboxylic acids is 1. The molecule has 0 spiro atoms. The van der Waals surface area contributed by atoms with Crippen LogP contribution in [-0.4, -0.2) is 53.5 Å². The molecule has 1 fully saturated rings. The Balaban J connectivity index is 1.85. The van der Waals surface area contributed by atoms with Gasteiger partial charge in [0.2, 0.25) is 5.91 Å². The molecule has 0 aromatic heterocycles. The summed E-state index contributed by atoms with van der Waals surface area (Å²) >= 11 is 0. The summed E-state index contributed by atoms with van der Waals surface area (Å²) in [5, 5.41) is 9.03. The summed E-state index contributed by atoms with van der Waals surface area (Å²) in [6.45, 7) is 3.21. The van der Waals surface area contributed by atoms with Crippen molar-refractivity contribution in [3.8, 4) is 5.75 Å². The predicted molar refractivity (Wildman–Crippen MR) is 90.6 cm³/mol. The summed E-state index contributed by atoms with van der Waals surface area (Å²) in [4.78, 5) is 39.5. The molecule has 2 amide bonds. The average molecular weight is 346 g/mol. The van der Waals surface area contributed by atoms with Crippen LogP contribution in [0.2, 0.25) is 0 Å². The average Bonchev–Trinajstić information content (AvgIpc) is 2.58. The molecule has 2 heterocycles. The fourth-order valence-corrected chi connectivity index (χ4v) is 3.26. The van der Waals surface area contributed by atoms with E-state index < -0.39 is 24.4 Å². The number of carboxylic acid groups (broad SMARTS) is 1. The number of carboxylic acids is 1. The number of carbonyl (C=O) groups excluding carboxylic acids is 2. The summed E-state index contributed by atoms with van der Waals surface area (Å²) in [7, 11) is 0. The fourth-order valence-electron chi connectivity index (χ4n) is 3.26. The lowest BCUT2D eigenvalue weighted by Crippen LogP contribution is -2.51. The quantitative estimate of drug-likeness (QED) is 0.894. The van der Waals surface area contributed by atoms with E-state index in [2.05, 4.69) is 0 Å². The van der Waals surface area contributed by atoms with Gasteiger partial charge in [-0.3, -0.25) is 19.3 Å². The van der Waals surface area contributed by atoms with Gasteiger partial charge in [0.1, 0.15) is 12.3 Å². The largest absolute Gasteiger partial charge is 0.481 e. The maximum Gasteiger partial charge on any atom is 0.307 e. The highest BCUT2D eigenvalue weighted by Gasteiger charge is 2.37. The monoisotopic (exact) mass is 346 g/mol. The Morgan fingerprint density at radius 3 is 2.64 bits per heavy atom. The molecule has 1 aromatic carbocycles. The molecule has 1 unspecified atom stereocenters. The topological polar surface area (TPSA) is 87.1 Å². The van der Waals surface area contributed by atoms with Crippen LogP contribution < -0.4 is 9.64 Å². The number of nitrogens with zero attached hydrogens (tertiary/aromatic N) is 2. The van der Waals surface area contributed by atoms with Crippen LogP contribution in [0.15, 0.2) is 18.2 Å². The van der Waals surface area contributed by atoms with Crippen molar-refractivity contribution in [2.75, 3.05) is 24.5 Å². The number of hydrogen-bond acceptors (Lipinski definition) is 4. The zero-order valence-electron chi connectivity index (χ0n) is 14.2. The van der Waals surface area contributed by atoms with Crippen LogP contribution in [0.1, 0.15) is 31.2 Å². The molecule has 1 N–H and O–H groups in total. The Hall–Kier alpha value is -2.57. The van der Waals surface area contributed by atoms with Crippen molar-refractivity contribution in [3.63, 3.8) is 0 Å². The van der Waals surface area contributed by atoms with E-state index in [9.17, 15) is 14.4 Å². The molecule has 0 radical (unpaired) electrons. The first kappa shape index (κ1) is 17.3. The van der Waals surface area contributed by atoms with Gasteiger partial charge in [0.05, 0.1) is 12.1 Å². The molecule has 1 aromatic rings. The summed E-state index contributed by atoms with van der Waals surface area (Å²) in [6.07, 6.45) is 1.52. The van der Waals surface area contributed by atoms with E-state index in [0.29, 0.717) is 24.5 Å². The third-order valence-electron chi connectivity index (χ3n) is 4.58. The minimum absolute atomic E-state index is 0.0889. The minimum atomic E-state index is -1.11. The lowest BCUT2D eigenvalue weighted by Gasteiger charge is -2.35. The van der Waals surface area contributed by atoms with E-state index in [1.54, 1.807) is 17.0 Å².